The Morgan fingerprint density at radius 2 is 1.59 bits per heavy atom. The lowest BCUT2D eigenvalue weighted by Crippen LogP contribution is -2.20. The Morgan fingerprint density at radius 3 is 2.41 bits per heavy atom. The molecule has 8 heteroatoms. The Kier molecular flexibility index (Phi) is 6.34. The van der Waals surface area contributed by atoms with Crippen LogP contribution in [-0.2, 0) is 24.0 Å². The molecule has 1 unspecified atom stereocenters. The Balaban J connectivity index is 1.54. The van der Waals surface area contributed by atoms with E-state index in [4.69, 9.17) is 14.1 Å². The molecule has 2 aromatic heterocycles. The van der Waals surface area contributed by atoms with E-state index in [-0.39, 0.29) is 11.7 Å². The molecule has 1 atom stereocenters. The summed E-state index contributed by atoms with van der Waals surface area (Å²) in [6.45, 7) is 0.450. The third-order valence-corrected chi connectivity index (χ3v) is 7.33. The van der Waals surface area contributed by atoms with Gasteiger partial charge in [-0.1, -0.05) is 66.7 Å². The van der Waals surface area contributed by atoms with E-state index in [0.29, 0.717) is 12.2 Å². The molecule has 0 amide bonds. The highest BCUT2D eigenvalue weighted by molar-refractivity contribution is 7.84. The van der Waals surface area contributed by atoms with E-state index in [0.717, 1.165) is 44.2 Å². The molecule has 4 aromatic carbocycles. The van der Waals surface area contributed by atoms with Gasteiger partial charge in [0.15, 0.2) is 0 Å². The number of rotatable bonds is 8. The van der Waals surface area contributed by atoms with Crippen molar-refractivity contribution in [1.29, 1.82) is 0 Å². The van der Waals surface area contributed by atoms with Crippen LogP contribution >= 0.6 is 0 Å². The number of nitrogens with two attached hydrogens (primary N) is 1. The molecule has 2 heterocycles. The molecule has 0 aliphatic heterocycles. The maximum Gasteiger partial charge on any atom is 0.380 e. The van der Waals surface area contributed by atoms with Crippen molar-refractivity contribution in [3.05, 3.63) is 132 Å². The van der Waals surface area contributed by atoms with Crippen molar-refractivity contribution >= 4 is 32.1 Å². The molecule has 0 fully saturated rings. The van der Waals surface area contributed by atoms with Crippen LogP contribution in [0.5, 0.6) is 11.5 Å². The first-order valence-electron chi connectivity index (χ1n) is 12.5. The number of nitrogens with one attached hydrogen (secondary N) is 1. The summed E-state index contributed by atoms with van der Waals surface area (Å²) in [4.78, 5) is 3.37. The fourth-order valence-electron chi connectivity index (χ4n) is 5.22. The number of para-hydroxylation sites is 2. The van der Waals surface area contributed by atoms with Crippen molar-refractivity contribution in [2.45, 2.75) is 12.5 Å². The van der Waals surface area contributed by atoms with E-state index in [9.17, 15) is 8.42 Å². The van der Waals surface area contributed by atoms with Crippen molar-refractivity contribution in [3.8, 4) is 11.5 Å². The van der Waals surface area contributed by atoms with Gasteiger partial charge >= 0.3 is 10.3 Å². The number of benzene rings is 4. The van der Waals surface area contributed by atoms with E-state index in [2.05, 4.69) is 21.8 Å². The second-order valence-corrected chi connectivity index (χ2v) is 10.6. The van der Waals surface area contributed by atoms with Crippen LogP contribution in [0.25, 0.3) is 21.8 Å². The highest BCUT2D eigenvalue weighted by Gasteiger charge is 2.27. The molecule has 0 bridgehead atoms. The van der Waals surface area contributed by atoms with Gasteiger partial charge in [-0.3, -0.25) is 0 Å². The van der Waals surface area contributed by atoms with Crippen LogP contribution in [0.2, 0.25) is 0 Å². The number of aryl methyl sites for hydroxylation is 1. The maximum absolute atomic E-state index is 12.0. The number of aromatic nitrogens is 2. The number of fused-ring (bicyclic) bond motifs is 2. The largest absolute Gasteiger partial charge is 0.489 e. The van der Waals surface area contributed by atoms with Crippen LogP contribution in [0.15, 0.2) is 109 Å². The molecule has 39 heavy (non-hydrogen) atoms. The smallest absolute Gasteiger partial charge is 0.380 e. The first-order valence-corrected chi connectivity index (χ1v) is 14.0. The van der Waals surface area contributed by atoms with Crippen LogP contribution in [0, 0.1) is 0 Å². The molecule has 0 aliphatic rings. The summed E-state index contributed by atoms with van der Waals surface area (Å²) in [5.41, 5.74) is 5.73. The Morgan fingerprint density at radius 1 is 0.846 bits per heavy atom. The fraction of sp³-hybridized carbons (Fsp3) is 0.0968. The summed E-state index contributed by atoms with van der Waals surface area (Å²) in [7, 11) is -2.24. The van der Waals surface area contributed by atoms with E-state index in [1.807, 2.05) is 92.1 Å². The number of H-pyrrole nitrogens is 1. The van der Waals surface area contributed by atoms with Gasteiger partial charge in [-0.15, -0.1) is 0 Å². The monoisotopic (exact) mass is 537 g/mol. The summed E-state index contributed by atoms with van der Waals surface area (Å²) >= 11 is 0. The molecule has 0 radical (unpaired) electrons. The van der Waals surface area contributed by atoms with E-state index in [1.165, 1.54) is 0 Å². The number of aromatic amines is 1. The molecule has 7 nitrogen and oxygen atoms in total. The predicted octanol–water partition coefficient (Wildman–Crippen LogP) is 6.00. The molecular weight excluding hydrogens is 510 g/mol. The molecular formula is C31H27N3O4S. The first-order chi connectivity index (χ1) is 18.9. The highest BCUT2D eigenvalue weighted by Crippen LogP contribution is 2.43. The number of ether oxygens (including phenoxy) is 1. The first kappa shape index (κ1) is 24.8. The zero-order valence-corrected chi connectivity index (χ0v) is 22.1. The van der Waals surface area contributed by atoms with Gasteiger partial charge in [0.25, 0.3) is 0 Å². The standard InChI is InChI=1S/C31H27N3O4S/c1-34-19-27(25-17-22(15-16-29(25)34)37-20-21-9-3-2-4-10-21)31(26-18-33-28-13-7-5-11-23(26)28)24-12-6-8-14-30(24)38-39(32,35)36/h2-19,31,33H,20H2,1H3,(H2,32,35,36). The van der Waals surface area contributed by atoms with Crippen molar-refractivity contribution in [2.75, 3.05) is 0 Å². The summed E-state index contributed by atoms with van der Waals surface area (Å²) in [6.07, 6.45) is 4.05. The Bertz CT molecular complexity index is 1890. The van der Waals surface area contributed by atoms with Crippen molar-refractivity contribution < 1.29 is 17.3 Å². The minimum absolute atomic E-state index is 0.184. The highest BCUT2D eigenvalue weighted by atomic mass is 32.2. The molecule has 0 spiro atoms. The number of nitrogens with zero attached hydrogens (tertiary/aromatic N) is 1. The third kappa shape index (κ3) is 4.99. The topological polar surface area (TPSA) is 99.3 Å². The quantitative estimate of drug-likeness (QED) is 0.249. The van der Waals surface area contributed by atoms with Gasteiger partial charge in [-0.2, -0.15) is 13.6 Å². The van der Waals surface area contributed by atoms with Gasteiger partial charge in [0.05, 0.1) is 0 Å². The average molecular weight is 538 g/mol. The summed E-state index contributed by atoms with van der Waals surface area (Å²) in [6, 6.07) is 31.2. The second-order valence-electron chi connectivity index (χ2n) is 9.49. The summed E-state index contributed by atoms with van der Waals surface area (Å²) in [5, 5.41) is 7.32. The van der Waals surface area contributed by atoms with Crippen LogP contribution in [0.3, 0.4) is 0 Å². The lowest BCUT2D eigenvalue weighted by Gasteiger charge is -2.20. The van der Waals surface area contributed by atoms with Gasteiger partial charge in [-0.05, 0) is 47.0 Å². The Labute approximate surface area is 226 Å². The molecule has 6 rings (SSSR count). The molecule has 6 aromatic rings. The number of hydrogen-bond donors (Lipinski definition) is 2. The van der Waals surface area contributed by atoms with E-state index in [1.54, 1.807) is 12.1 Å². The molecule has 0 saturated heterocycles. The normalized spacial score (nSPS) is 12.6. The van der Waals surface area contributed by atoms with E-state index >= 15 is 0 Å². The zero-order valence-electron chi connectivity index (χ0n) is 21.2. The van der Waals surface area contributed by atoms with Crippen LogP contribution < -0.4 is 14.1 Å². The van der Waals surface area contributed by atoms with Crippen LogP contribution in [0.4, 0.5) is 0 Å². The van der Waals surface area contributed by atoms with Gasteiger partial charge in [0, 0.05) is 52.7 Å². The van der Waals surface area contributed by atoms with Crippen LogP contribution in [0.1, 0.15) is 28.2 Å². The molecule has 196 valence electrons. The molecule has 0 aliphatic carbocycles. The van der Waals surface area contributed by atoms with Crippen molar-refractivity contribution in [2.24, 2.45) is 12.2 Å². The fourth-order valence-corrected chi connectivity index (χ4v) is 5.62. The summed E-state index contributed by atoms with van der Waals surface area (Å²) in [5.74, 6) is 0.557. The van der Waals surface area contributed by atoms with Gasteiger partial charge < -0.3 is 18.5 Å². The third-order valence-electron chi connectivity index (χ3n) is 6.92. The minimum atomic E-state index is -4.24. The van der Waals surface area contributed by atoms with Gasteiger partial charge in [0.1, 0.15) is 18.1 Å². The lowest BCUT2D eigenvalue weighted by atomic mass is 9.84. The van der Waals surface area contributed by atoms with Gasteiger partial charge in [-0.25, -0.2) is 0 Å². The van der Waals surface area contributed by atoms with Gasteiger partial charge in [0.2, 0.25) is 0 Å². The number of hydrogen-bond acceptors (Lipinski definition) is 4. The van der Waals surface area contributed by atoms with E-state index < -0.39 is 10.3 Å². The molecule has 0 saturated carbocycles. The van der Waals surface area contributed by atoms with Crippen molar-refractivity contribution in [1.82, 2.24) is 9.55 Å². The lowest BCUT2D eigenvalue weighted by molar-refractivity contribution is 0.306. The second kappa shape index (κ2) is 9.98. The van der Waals surface area contributed by atoms with Crippen molar-refractivity contribution in [3.63, 3.8) is 0 Å². The minimum Gasteiger partial charge on any atom is -0.489 e. The maximum atomic E-state index is 12.0. The summed E-state index contributed by atoms with van der Waals surface area (Å²) < 4.78 is 37.5. The SMILES string of the molecule is Cn1cc(C(c2ccccc2OS(N)(=O)=O)c2c[nH]c3ccccc23)c2cc(OCc3ccccc3)ccc21. The Hall–Kier alpha value is -4.53. The predicted molar refractivity (Wildman–Crippen MR) is 153 cm³/mol. The average Bonchev–Trinajstić information content (AvgIpc) is 3.50. The molecule has 3 N–H and O–H groups in total. The zero-order chi connectivity index (χ0) is 27.0. The van der Waals surface area contributed by atoms with Crippen LogP contribution in [-0.4, -0.2) is 18.0 Å².